The molecule has 4 heterocycles. The number of rotatable bonds is 6. The Morgan fingerprint density at radius 3 is 2.43 bits per heavy atom. The van der Waals surface area contributed by atoms with Crippen molar-refractivity contribution in [3.05, 3.63) is 79.3 Å². The van der Waals surface area contributed by atoms with Crippen LogP contribution in [-0.4, -0.2) is 26.2 Å². The number of benzene rings is 1. The minimum atomic E-state index is -1.20. The van der Waals surface area contributed by atoms with Crippen molar-refractivity contribution in [2.24, 2.45) is 0 Å². The average molecular weight is 537 g/mol. The first kappa shape index (κ1) is 24.7. The second-order valence-electron chi connectivity index (χ2n) is 8.54. The van der Waals surface area contributed by atoms with E-state index in [0.717, 1.165) is 21.6 Å². The van der Waals surface area contributed by atoms with Gasteiger partial charge in [-0.15, -0.1) is 11.3 Å². The Labute approximate surface area is 219 Å². The van der Waals surface area contributed by atoms with Crippen molar-refractivity contribution in [1.82, 2.24) is 15.1 Å². The Balaban J connectivity index is 1.57. The molecule has 37 heavy (non-hydrogen) atoms. The Morgan fingerprint density at radius 2 is 1.78 bits per heavy atom. The molecule has 5 rings (SSSR count). The van der Waals surface area contributed by atoms with E-state index in [1.165, 1.54) is 17.4 Å². The van der Waals surface area contributed by atoms with E-state index in [4.69, 9.17) is 20.5 Å². The highest BCUT2D eigenvalue weighted by Crippen LogP contribution is 2.38. The first-order valence-electron chi connectivity index (χ1n) is 11.3. The molecule has 1 atom stereocenters. The summed E-state index contributed by atoms with van der Waals surface area (Å²) in [7, 11) is 0. The van der Waals surface area contributed by atoms with Gasteiger partial charge >= 0.3 is 5.97 Å². The Bertz CT molecular complexity index is 1720. The molecular weight excluding hydrogens is 516 g/mol. The zero-order chi connectivity index (χ0) is 26.4. The van der Waals surface area contributed by atoms with Gasteiger partial charge in [0.15, 0.2) is 17.1 Å². The molecule has 0 radical (unpaired) electrons. The molecule has 0 spiro atoms. The van der Waals surface area contributed by atoms with Crippen molar-refractivity contribution in [3.63, 3.8) is 0 Å². The highest BCUT2D eigenvalue weighted by atomic mass is 35.5. The number of carboxylic acid groups (broad SMARTS) is 1. The van der Waals surface area contributed by atoms with Crippen LogP contribution in [0.3, 0.4) is 0 Å². The van der Waals surface area contributed by atoms with Gasteiger partial charge in [0, 0.05) is 27.1 Å². The Hall–Kier alpha value is -4.02. The van der Waals surface area contributed by atoms with Gasteiger partial charge in [-0.1, -0.05) is 28.9 Å². The topological polar surface area (TPSA) is 131 Å². The van der Waals surface area contributed by atoms with Gasteiger partial charge in [-0.2, -0.15) is 4.98 Å². The first-order chi connectivity index (χ1) is 17.6. The monoisotopic (exact) mass is 536 g/mol. The molecule has 188 valence electrons. The summed E-state index contributed by atoms with van der Waals surface area (Å²) in [5, 5.41) is 16.6. The lowest BCUT2D eigenvalue weighted by atomic mass is 10.0. The number of nitrogens with one attached hydrogen (secondary N) is 1. The fourth-order valence-electron chi connectivity index (χ4n) is 4.22. The second-order valence-corrected chi connectivity index (χ2v) is 10.2. The van der Waals surface area contributed by atoms with E-state index in [1.54, 1.807) is 19.9 Å². The van der Waals surface area contributed by atoms with Crippen molar-refractivity contribution >= 4 is 44.9 Å². The highest BCUT2D eigenvalue weighted by Gasteiger charge is 2.24. The smallest absolute Gasteiger partial charge is 0.356 e. The van der Waals surface area contributed by atoms with Crippen LogP contribution in [0.5, 0.6) is 0 Å². The molecule has 0 amide bonds. The van der Waals surface area contributed by atoms with Crippen LogP contribution >= 0.6 is 22.9 Å². The number of aryl methyl sites for hydroxylation is 2. The zero-order valence-electron chi connectivity index (χ0n) is 20.2. The minimum absolute atomic E-state index is 0.0825. The van der Waals surface area contributed by atoms with E-state index >= 15 is 0 Å². The molecule has 0 aliphatic carbocycles. The summed E-state index contributed by atoms with van der Waals surface area (Å²) in [6.07, 6.45) is 0. The van der Waals surface area contributed by atoms with Crippen LogP contribution in [0.15, 0.2) is 50.1 Å². The molecule has 5 aromatic rings. The number of hydrogen-bond acceptors (Lipinski definition) is 9. The average Bonchev–Trinajstić information content (AvgIpc) is 3.45. The number of aromatic carboxylic acids is 1. The molecule has 0 bridgehead atoms. The summed E-state index contributed by atoms with van der Waals surface area (Å²) in [5.41, 5.74) is 3.21. The van der Waals surface area contributed by atoms with E-state index < -0.39 is 12.0 Å². The van der Waals surface area contributed by atoms with Crippen molar-refractivity contribution in [3.8, 4) is 22.8 Å². The molecule has 11 heteroatoms. The van der Waals surface area contributed by atoms with Gasteiger partial charge in [-0.05, 0) is 52.0 Å². The summed E-state index contributed by atoms with van der Waals surface area (Å²) in [4.78, 5) is 34.1. The van der Waals surface area contributed by atoms with Crippen molar-refractivity contribution in [2.75, 3.05) is 5.32 Å². The van der Waals surface area contributed by atoms with Crippen LogP contribution < -0.4 is 10.7 Å². The maximum absolute atomic E-state index is 13.3. The van der Waals surface area contributed by atoms with Gasteiger partial charge in [-0.25, -0.2) is 9.78 Å². The lowest BCUT2D eigenvalue weighted by Gasteiger charge is -2.17. The molecule has 2 N–H and O–H groups in total. The van der Waals surface area contributed by atoms with E-state index in [-0.39, 0.29) is 16.3 Å². The predicted molar refractivity (Wildman–Crippen MR) is 142 cm³/mol. The number of halogens is 1. The number of carboxylic acids is 1. The Kier molecular flexibility index (Phi) is 6.30. The van der Waals surface area contributed by atoms with Crippen LogP contribution in [0.4, 0.5) is 5.69 Å². The fourth-order valence-corrected chi connectivity index (χ4v) is 5.54. The first-order valence-corrected chi connectivity index (χ1v) is 12.5. The number of aromatic nitrogens is 3. The molecule has 1 aromatic carbocycles. The normalized spacial score (nSPS) is 12.1. The van der Waals surface area contributed by atoms with Crippen LogP contribution in [0.1, 0.15) is 45.3 Å². The Morgan fingerprint density at radius 1 is 1.08 bits per heavy atom. The quantitative estimate of drug-likeness (QED) is 0.236. The summed E-state index contributed by atoms with van der Waals surface area (Å²) >= 11 is 7.24. The number of pyridine rings is 1. The fraction of sp³-hybridized carbons (Fsp3) is 0.192. The van der Waals surface area contributed by atoms with E-state index in [0.29, 0.717) is 39.0 Å². The number of hydrogen-bond donors (Lipinski definition) is 2. The van der Waals surface area contributed by atoms with E-state index in [1.807, 2.05) is 38.1 Å². The third kappa shape index (κ3) is 4.49. The lowest BCUT2D eigenvalue weighted by molar-refractivity contribution is 0.0691. The van der Waals surface area contributed by atoms with Crippen molar-refractivity contribution in [1.29, 1.82) is 0 Å². The molecule has 0 saturated carbocycles. The largest absolute Gasteiger partial charge is 0.476 e. The summed E-state index contributed by atoms with van der Waals surface area (Å²) in [5.74, 6) is 0.203. The van der Waals surface area contributed by atoms with Crippen molar-refractivity contribution in [2.45, 2.75) is 33.7 Å². The maximum Gasteiger partial charge on any atom is 0.356 e. The van der Waals surface area contributed by atoms with Crippen LogP contribution in [0.25, 0.3) is 33.1 Å². The predicted octanol–water partition coefficient (Wildman–Crippen LogP) is 6.42. The van der Waals surface area contributed by atoms with Gasteiger partial charge in [0.25, 0.3) is 5.89 Å². The highest BCUT2D eigenvalue weighted by molar-refractivity contribution is 7.19. The minimum Gasteiger partial charge on any atom is -0.476 e. The molecular formula is C26H21ClN4O5S. The third-order valence-corrected chi connectivity index (χ3v) is 7.28. The summed E-state index contributed by atoms with van der Waals surface area (Å²) < 4.78 is 12.1. The maximum atomic E-state index is 13.3. The standard InChI is InChI=1S/C26H21ClN4O5S/c1-11-21(32)24-23(35-22(11)15-5-7-16(8-6-15)25-29-14(4)31-36-25)19(13(3)37-24)12(2)28-17-9-10-18(27)30-20(17)26(33)34/h5-10,12,28H,1-4H3,(H,33,34). The third-order valence-electron chi connectivity index (χ3n) is 5.97. The number of carbonyl (C=O) groups is 1. The number of thiophene rings is 1. The van der Waals surface area contributed by atoms with Crippen LogP contribution in [0, 0.1) is 20.8 Å². The van der Waals surface area contributed by atoms with E-state index in [2.05, 4.69) is 20.4 Å². The molecule has 1 unspecified atom stereocenters. The molecule has 0 saturated heterocycles. The summed E-state index contributed by atoms with van der Waals surface area (Å²) in [6.45, 7) is 7.26. The van der Waals surface area contributed by atoms with Gasteiger partial charge in [0.2, 0.25) is 5.43 Å². The summed E-state index contributed by atoms with van der Waals surface area (Å²) in [6, 6.07) is 10.0. The van der Waals surface area contributed by atoms with Gasteiger partial charge in [0.1, 0.15) is 15.6 Å². The van der Waals surface area contributed by atoms with Gasteiger partial charge in [0.05, 0.1) is 11.7 Å². The number of anilines is 1. The molecule has 0 fully saturated rings. The number of nitrogens with zero attached hydrogens (tertiary/aromatic N) is 3. The van der Waals surface area contributed by atoms with Gasteiger partial charge in [-0.3, -0.25) is 4.79 Å². The van der Waals surface area contributed by atoms with Crippen LogP contribution in [0.2, 0.25) is 5.15 Å². The van der Waals surface area contributed by atoms with Gasteiger partial charge < -0.3 is 19.4 Å². The molecule has 4 aromatic heterocycles. The molecule has 0 aliphatic rings. The second kappa shape index (κ2) is 9.45. The molecule has 9 nitrogen and oxygen atoms in total. The lowest BCUT2D eigenvalue weighted by Crippen LogP contribution is -2.13. The van der Waals surface area contributed by atoms with E-state index in [9.17, 15) is 14.7 Å². The zero-order valence-corrected chi connectivity index (χ0v) is 21.8. The number of fused-ring (bicyclic) bond motifs is 1. The van der Waals surface area contributed by atoms with Crippen LogP contribution in [-0.2, 0) is 0 Å². The van der Waals surface area contributed by atoms with Crippen molar-refractivity contribution < 1.29 is 18.8 Å². The molecule has 0 aliphatic heterocycles. The SMILES string of the molecule is Cc1noc(-c2ccc(-c3oc4c(C(C)Nc5ccc(Cl)nc5C(=O)O)c(C)sc4c(=O)c3C)cc2)n1.